The van der Waals surface area contributed by atoms with Crippen LogP contribution in [-0.4, -0.2) is 30.3 Å². The molecule has 0 amide bonds. The molecule has 2 nitrogen and oxygen atoms in total. The molecule has 0 aromatic carbocycles. The van der Waals surface area contributed by atoms with Crippen molar-refractivity contribution >= 4 is 7.85 Å². The fourth-order valence-corrected chi connectivity index (χ4v) is 3.15. The molecule has 13 heavy (non-hydrogen) atoms. The highest BCUT2D eigenvalue weighted by molar-refractivity contribution is 6.12. The van der Waals surface area contributed by atoms with Crippen LogP contribution in [0, 0.1) is 11.3 Å². The van der Waals surface area contributed by atoms with Crippen LogP contribution in [0.1, 0.15) is 32.6 Å². The van der Waals surface area contributed by atoms with Crippen molar-refractivity contribution in [2.75, 3.05) is 0 Å². The fraction of sp³-hybridized carbons (Fsp3) is 1.00. The standard InChI is InChI=1S/C10H17BO2/c1-10-5-4-7(12)9(11)6(10)2-3-8(10)13/h6-9,12-13H,2-5H2,1H3/t6-,7-,8-,9-,10-/m0/s1. The molecule has 0 unspecified atom stereocenters. The van der Waals surface area contributed by atoms with Gasteiger partial charge in [0.15, 0.2) is 0 Å². The van der Waals surface area contributed by atoms with E-state index in [1.807, 2.05) is 0 Å². The molecule has 2 aliphatic carbocycles. The number of hydrogen-bond donors (Lipinski definition) is 2. The minimum atomic E-state index is -0.358. The number of rotatable bonds is 0. The van der Waals surface area contributed by atoms with Gasteiger partial charge in [0.2, 0.25) is 0 Å². The van der Waals surface area contributed by atoms with Crippen molar-refractivity contribution in [3.63, 3.8) is 0 Å². The van der Waals surface area contributed by atoms with Crippen LogP contribution >= 0.6 is 0 Å². The molecule has 2 radical (unpaired) electrons. The third-order valence-corrected chi connectivity index (χ3v) is 4.25. The second-order valence-electron chi connectivity index (χ2n) is 4.89. The summed E-state index contributed by atoms with van der Waals surface area (Å²) in [6, 6.07) is 0. The van der Waals surface area contributed by atoms with Gasteiger partial charge in [0.25, 0.3) is 0 Å². The van der Waals surface area contributed by atoms with Crippen molar-refractivity contribution in [3.05, 3.63) is 0 Å². The van der Waals surface area contributed by atoms with E-state index in [0.717, 1.165) is 25.7 Å². The molecule has 5 atom stereocenters. The summed E-state index contributed by atoms with van der Waals surface area (Å²) < 4.78 is 0. The SMILES string of the molecule is [B][C@@H]1[C@@H](O)CC[C@]2(C)[C@@H](O)CC[C@@H]12. The van der Waals surface area contributed by atoms with Gasteiger partial charge in [0.1, 0.15) is 0 Å². The first-order chi connectivity index (χ1) is 6.05. The normalized spacial score (nSPS) is 56.2. The average molecular weight is 180 g/mol. The molecule has 2 rings (SSSR count). The molecule has 2 aliphatic rings. The van der Waals surface area contributed by atoms with Crippen molar-refractivity contribution in [1.29, 1.82) is 0 Å². The number of aliphatic hydroxyl groups excluding tert-OH is 2. The average Bonchev–Trinajstić information content (AvgIpc) is 2.39. The Hall–Kier alpha value is -0.0151. The summed E-state index contributed by atoms with van der Waals surface area (Å²) in [5, 5.41) is 19.5. The Balaban J connectivity index is 2.21. The first kappa shape index (κ1) is 9.54. The van der Waals surface area contributed by atoms with E-state index in [0.29, 0.717) is 5.92 Å². The molecular formula is C10H17BO2. The van der Waals surface area contributed by atoms with Gasteiger partial charge < -0.3 is 10.2 Å². The Morgan fingerprint density at radius 3 is 2.62 bits per heavy atom. The maximum atomic E-state index is 9.85. The van der Waals surface area contributed by atoms with Gasteiger partial charge in [-0.2, -0.15) is 0 Å². The molecule has 0 aliphatic heterocycles. The highest BCUT2D eigenvalue weighted by atomic mass is 16.3. The number of aliphatic hydroxyl groups is 2. The van der Waals surface area contributed by atoms with Gasteiger partial charge >= 0.3 is 0 Å². The largest absolute Gasteiger partial charge is 0.394 e. The van der Waals surface area contributed by atoms with Crippen molar-refractivity contribution in [1.82, 2.24) is 0 Å². The second-order valence-corrected chi connectivity index (χ2v) is 4.89. The van der Waals surface area contributed by atoms with E-state index in [1.165, 1.54) is 0 Å². The molecule has 0 heterocycles. The predicted molar refractivity (Wildman–Crippen MR) is 51.6 cm³/mol. The number of fused-ring (bicyclic) bond motifs is 1. The Labute approximate surface area is 80.8 Å². The molecule has 0 bridgehead atoms. The summed E-state index contributed by atoms with van der Waals surface area (Å²) in [7, 11) is 5.95. The monoisotopic (exact) mass is 180 g/mol. The van der Waals surface area contributed by atoms with E-state index in [2.05, 4.69) is 6.92 Å². The maximum Gasteiger partial charge on any atom is 0.0738 e. The zero-order chi connectivity index (χ0) is 9.64. The Morgan fingerprint density at radius 2 is 1.92 bits per heavy atom. The van der Waals surface area contributed by atoms with Gasteiger partial charge in [-0.15, -0.1) is 0 Å². The van der Waals surface area contributed by atoms with Crippen molar-refractivity contribution in [3.8, 4) is 0 Å². The van der Waals surface area contributed by atoms with Crippen LogP contribution in [-0.2, 0) is 0 Å². The highest BCUT2D eigenvalue weighted by Crippen LogP contribution is 2.55. The van der Waals surface area contributed by atoms with Crippen LogP contribution in [0.2, 0.25) is 5.82 Å². The molecule has 2 fully saturated rings. The summed E-state index contributed by atoms with van der Waals surface area (Å²) in [5.74, 6) is 0.183. The van der Waals surface area contributed by atoms with Gasteiger partial charge in [-0.3, -0.25) is 0 Å². The third kappa shape index (κ3) is 1.24. The topological polar surface area (TPSA) is 40.5 Å². The first-order valence-corrected chi connectivity index (χ1v) is 5.17. The van der Waals surface area contributed by atoms with E-state index in [-0.39, 0.29) is 23.4 Å². The minimum absolute atomic E-state index is 0.0291. The third-order valence-electron chi connectivity index (χ3n) is 4.25. The minimum Gasteiger partial charge on any atom is -0.394 e. The van der Waals surface area contributed by atoms with E-state index in [4.69, 9.17) is 7.85 Å². The molecule has 72 valence electrons. The van der Waals surface area contributed by atoms with Crippen molar-refractivity contribution in [2.24, 2.45) is 11.3 Å². The molecule has 0 aromatic heterocycles. The molecule has 2 N–H and O–H groups in total. The summed E-state index contributed by atoms with van der Waals surface area (Å²) in [5.41, 5.74) is -0.0291. The van der Waals surface area contributed by atoms with Gasteiger partial charge in [-0.1, -0.05) is 6.92 Å². The molecule has 2 saturated carbocycles. The van der Waals surface area contributed by atoms with Crippen LogP contribution < -0.4 is 0 Å². The Kier molecular flexibility index (Phi) is 2.19. The zero-order valence-corrected chi connectivity index (χ0v) is 8.11. The van der Waals surface area contributed by atoms with Gasteiger partial charge in [-0.05, 0) is 42.8 Å². The van der Waals surface area contributed by atoms with Gasteiger partial charge in [0.05, 0.1) is 14.0 Å². The Bertz CT molecular complexity index is 209. The summed E-state index contributed by atoms with van der Waals surface area (Å²) in [6.07, 6.45) is 2.90. The maximum absolute atomic E-state index is 9.85. The molecule has 0 saturated heterocycles. The van der Waals surface area contributed by atoms with Crippen molar-refractivity contribution in [2.45, 2.75) is 50.6 Å². The first-order valence-electron chi connectivity index (χ1n) is 5.17. The fourth-order valence-electron chi connectivity index (χ4n) is 3.15. The second kappa shape index (κ2) is 2.99. The molecule has 3 heteroatoms. The lowest BCUT2D eigenvalue weighted by molar-refractivity contribution is -0.0244. The predicted octanol–water partition coefficient (Wildman–Crippen LogP) is 0.875. The lowest BCUT2D eigenvalue weighted by Gasteiger charge is -2.45. The van der Waals surface area contributed by atoms with Gasteiger partial charge in [0, 0.05) is 6.10 Å². The van der Waals surface area contributed by atoms with E-state index in [1.54, 1.807) is 0 Å². The zero-order valence-electron chi connectivity index (χ0n) is 8.11. The highest BCUT2D eigenvalue weighted by Gasteiger charge is 2.51. The summed E-state index contributed by atoms with van der Waals surface area (Å²) in [4.78, 5) is 0. The molecule has 0 aromatic rings. The lowest BCUT2D eigenvalue weighted by atomic mass is 9.56. The smallest absolute Gasteiger partial charge is 0.0738 e. The lowest BCUT2D eigenvalue weighted by Crippen LogP contribution is -2.42. The van der Waals surface area contributed by atoms with Crippen LogP contribution in [0.5, 0.6) is 0 Å². The van der Waals surface area contributed by atoms with Crippen LogP contribution in [0.4, 0.5) is 0 Å². The van der Waals surface area contributed by atoms with Crippen LogP contribution in [0.15, 0.2) is 0 Å². The van der Waals surface area contributed by atoms with E-state index < -0.39 is 0 Å². The van der Waals surface area contributed by atoms with Crippen molar-refractivity contribution < 1.29 is 10.2 Å². The molecule has 0 spiro atoms. The van der Waals surface area contributed by atoms with E-state index in [9.17, 15) is 10.2 Å². The van der Waals surface area contributed by atoms with E-state index >= 15 is 0 Å². The van der Waals surface area contributed by atoms with Gasteiger partial charge in [-0.25, -0.2) is 0 Å². The number of hydrogen-bond acceptors (Lipinski definition) is 2. The summed E-state index contributed by atoms with van der Waals surface area (Å²) >= 11 is 0. The summed E-state index contributed by atoms with van der Waals surface area (Å²) in [6.45, 7) is 2.11. The Morgan fingerprint density at radius 1 is 1.23 bits per heavy atom. The molecular weight excluding hydrogens is 163 g/mol. The van der Waals surface area contributed by atoms with Crippen LogP contribution in [0.3, 0.4) is 0 Å². The van der Waals surface area contributed by atoms with Crippen LogP contribution in [0.25, 0.3) is 0 Å². The quantitative estimate of drug-likeness (QED) is 0.543.